The third-order valence-corrected chi connectivity index (χ3v) is 2.42. The molecule has 0 saturated carbocycles. The number of hydrogen-bond donors (Lipinski definition) is 2. The Hall–Kier alpha value is -1.71. The SMILES string of the molecule is COC(=O)CCCCc1ccc(O)c(N)c1. The fraction of sp³-hybridized carbons (Fsp3) is 0.417. The normalized spacial score (nSPS) is 10.1. The minimum atomic E-state index is -0.176. The maximum Gasteiger partial charge on any atom is 0.305 e. The molecule has 0 bridgehead atoms. The van der Waals surface area contributed by atoms with Gasteiger partial charge in [-0.3, -0.25) is 4.79 Å². The number of aromatic hydroxyl groups is 1. The van der Waals surface area contributed by atoms with E-state index in [9.17, 15) is 9.90 Å². The number of methoxy groups -OCH3 is 1. The average Bonchev–Trinajstić information content (AvgIpc) is 2.28. The average molecular weight is 223 g/mol. The molecule has 1 aromatic rings. The summed E-state index contributed by atoms with van der Waals surface area (Å²) in [7, 11) is 1.39. The van der Waals surface area contributed by atoms with Crippen LogP contribution in [0.3, 0.4) is 0 Å². The lowest BCUT2D eigenvalue weighted by Gasteiger charge is -2.04. The smallest absolute Gasteiger partial charge is 0.305 e. The highest BCUT2D eigenvalue weighted by atomic mass is 16.5. The van der Waals surface area contributed by atoms with Crippen molar-refractivity contribution in [3.05, 3.63) is 23.8 Å². The summed E-state index contributed by atoms with van der Waals surface area (Å²) in [6.45, 7) is 0. The van der Waals surface area contributed by atoms with Gasteiger partial charge in [0.25, 0.3) is 0 Å². The molecular formula is C12H17NO3. The second-order valence-electron chi connectivity index (χ2n) is 3.68. The number of phenols is 1. The van der Waals surface area contributed by atoms with Crippen LogP contribution in [0.5, 0.6) is 5.75 Å². The Kier molecular flexibility index (Phi) is 4.64. The number of anilines is 1. The molecule has 0 aliphatic carbocycles. The third-order valence-electron chi connectivity index (χ3n) is 2.42. The van der Waals surface area contributed by atoms with Crippen LogP contribution in [0.25, 0.3) is 0 Å². The Morgan fingerprint density at radius 3 is 2.81 bits per heavy atom. The van der Waals surface area contributed by atoms with Crippen molar-refractivity contribution in [2.75, 3.05) is 12.8 Å². The van der Waals surface area contributed by atoms with Crippen LogP contribution in [-0.2, 0) is 16.0 Å². The van der Waals surface area contributed by atoms with Crippen molar-refractivity contribution in [2.24, 2.45) is 0 Å². The monoisotopic (exact) mass is 223 g/mol. The van der Waals surface area contributed by atoms with Crippen molar-refractivity contribution in [3.8, 4) is 5.75 Å². The molecule has 0 aromatic heterocycles. The first-order valence-electron chi connectivity index (χ1n) is 5.27. The standard InChI is InChI=1S/C12H17NO3/c1-16-12(15)5-3-2-4-9-6-7-11(14)10(13)8-9/h6-8,14H,2-5,13H2,1H3. The lowest BCUT2D eigenvalue weighted by atomic mass is 10.1. The van der Waals surface area contributed by atoms with Gasteiger partial charge in [-0.05, 0) is 37.0 Å². The topological polar surface area (TPSA) is 72.5 Å². The Morgan fingerprint density at radius 2 is 2.19 bits per heavy atom. The summed E-state index contributed by atoms with van der Waals surface area (Å²) in [6.07, 6.45) is 3.00. The molecule has 0 atom stereocenters. The van der Waals surface area contributed by atoms with E-state index in [0.717, 1.165) is 24.8 Å². The molecule has 0 radical (unpaired) electrons. The first kappa shape index (κ1) is 12.4. The molecule has 88 valence electrons. The minimum Gasteiger partial charge on any atom is -0.506 e. The van der Waals surface area contributed by atoms with Gasteiger partial charge in [0.05, 0.1) is 12.8 Å². The fourth-order valence-corrected chi connectivity index (χ4v) is 1.46. The van der Waals surface area contributed by atoms with Gasteiger partial charge in [0, 0.05) is 6.42 Å². The van der Waals surface area contributed by atoms with E-state index in [2.05, 4.69) is 4.74 Å². The fourth-order valence-electron chi connectivity index (χ4n) is 1.46. The molecule has 16 heavy (non-hydrogen) atoms. The summed E-state index contributed by atoms with van der Waals surface area (Å²) in [6, 6.07) is 5.18. The molecule has 0 fully saturated rings. The van der Waals surface area contributed by atoms with Crippen molar-refractivity contribution >= 4 is 11.7 Å². The van der Waals surface area contributed by atoms with Crippen LogP contribution < -0.4 is 5.73 Å². The van der Waals surface area contributed by atoms with E-state index in [1.165, 1.54) is 7.11 Å². The van der Waals surface area contributed by atoms with E-state index >= 15 is 0 Å². The van der Waals surface area contributed by atoms with Crippen LogP contribution in [-0.4, -0.2) is 18.2 Å². The molecular weight excluding hydrogens is 206 g/mol. The van der Waals surface area contributed by atoms with Crippen LogP contribution >= 0.6 is 0 Å². The number of esters is 1. The van der Waals surface area contributed by atoms with Crippen LogP contribution in [0.15, 0.2) is 18.2 Å². The quantitative estimate of drug-likeness (QED) is 0.346. The van der Waals surface area contributed by atoms with Crippen molar-refractivity contribution in [2.45, 2.75) is 25.7 Å². The van der Waals surface area contributed by atoms with Crippen molar-refractivity contribution in [1.82, 2.24) is 0 Å². The number of phenolic OH excluding ortho intramolecular Hbond substituents is 1. The largest absolute Gasteiger partial charge is 0.506 e. The van der Waals surface area contributed by atoms with Crippen LogP contribution in [0.2, 0.25) is 0 Å². The van der Waals surface area contributed by atoms with E-state index < -0.39 is 0 Å². The number of nitrogens with two attached hydrogens (primary N) is 1. The number of benzene rings is 1. The van der Waals surface area contributed by atoms with Crippen LogP contribution in [0.4, 0.5) is 5.69 Å². The summed E-state index contributed by atoms with van der Waals surface area (Å²) in [5.74, 6) is -0.0662. The lowest BCUT2D eigenvalue weighted by molar-refractivity contribution is -0.140. The third kappa shape index (κ3) is 3.81. The van der Waals surface area contributed by atoms with Crippen molar-refractivity contribution in [1.29, 1.82) is 0 Å². The van der Waals surface area contributed by atoms with E-state index in [-0.39, 0.29) is 11.7 Å². The van der Waals surface area contributed by atoms with E-state index in [1.54, 1.807) is 12.1 Å². The van der Waals surface area contributed by atoms with E-state index in [4.69, 9.17) is 5.73 Å². The first-order valence-corrected chi connectivity index (χ1v) is 5.27. The van der Waals surface area contributed by atoms with Gasteiger partial charge < -0.3 is 15.6 Å². The molecule has 1 rings (SSSR count). The lowest BCUT2D eigenvalue weighted by Crippen LogP contribution is -1.99. The number of carbonyl (C=O) groups is 1. The number of aryl methyl sites for hydroxylation is 1. The maximum atomic E-state index is 10.8. The van der Waals surface area contributed by atoms with Crippen LogP contribution in [0.1, 0.15) is 24.8 Å². The van der Waals surface area contributed by atoms with Gasteiger partial charge in [0.1, 0.15) is 5.75 Å². The van der Waals surface area contributed by atoms with Gasteiger partial charge in [-0.25, -0.2) is 0 Å². The predicted octanol–water partition coefficient (Wildman–Crippen LogP) is 1.86. The molecule has 0 aliphatic heterocycles. The summed E-state index contributed by atoms with van der Waals surface area (Å²) in [5.41, 5.74) is 7.03. The summed E-state index contributed by atoms with van der Waals surface area (Å²) < 4.78 is 4.55. The second kappa shape index (κ2) is 6.00. The number of nitrogen functional groups attached to an aromatic ring is 1. The molecule has 0 saturated heterocycles. The number of hydrogen-bond acceptors (Lipinski definition) is 4. The molecule has 0 heterocycles. The Morgan fingerprint density at radius 1 is 1.44 bits per heavy atom. The Labute approximate surface area is 95.0 Å². The Bertz CT molecular complexity index is 363. The molecule has 4 nitrogen and oxygen atoms in total. The first-order chi connectivity index (χ1) is 7.63. The Balaban J connectivity index is 2.32. The van der Waals surface area contributed by atoms with E-state index in [1.807, 2.05) is 6.07 Å². The van der Waals surface area contributed by atoms with Gasteiger partial charge in [0.2, 0.25) is 0 Å². The summed E-state index contributed by atoms with van der Waals surface area (Å²) in [4.78, 5) is 10.8. The highest BCUT2D eigenvalue weighted by Crippen LogP contribution is 2.21. The van der Waals surface area contributed by atoms with Crippen LogP contribution in [0, 0.1) is 0 Å². The zero-order valence-electron chi connectivity index (χ0n) is 9.40. The van der Waals surface area contributed by atoms with Gasteiger partial charge in [-0.15, -0.1) is 0 Å². The zero-order chi connectivity index (χ0) is 12.0. The van der Waals surface area contributed by atoms with Crippen molar-refractivity contribution < 1.29 is 14.6 Å². The van der Waals surface area contributed by atoms with Gasteiger partial charge >= 0.3 is 5.97 Å². The summed E-state index contributed by atoms with van der Waals surface area (Å²) in [5, 5.41) is 9.23. The molecule has 3 N–H and O–H groups in total. The number of ether oxygens (including phenoxy) is 1. The molecule has 0 spiro atoms. The second-order valence-corrected chi connectivity index (χ2v) is 3.68. The molecule has 4 heteroatoms. The molecule has 0 aliphatic rings. The summed E-state index contributed by atoms with van der Waals surface area (Å²) >= 11 is 0. The van der Waals surface area contributed by atoms with Gasteiger partial charge in [-0.1, -0.05) is 6.07 Å². The maximum absolute atomic E-state index is 10.8. The van der Waals surface area contributed by atoms with Gasteiger partial charge in [0.15, 0.2) is 0 Å². The number of rotatable bonds is 5. The molecule has 1 aromatic carbocycles. The number of unbranched alkanes of at least 4 members (excludes halogenated alkanes) is 1. The van der Waals surface area contributed by atoms with Gasteiger partial charge in [-0.2, -0.15) is 0 Å². The van der Waals surface area contributed by atoms with Crippen molar-refractivity contribution in [3.63, 3.8) is 0 Å². The molecule has 0 unspecified atom stereocenters. The predicted molar refractivity (Wildman–Crippen MR) is 62.1 cm³/mol. The highest BCUT2D eigenvalue weighted by molar-refractivity contribution is 5.69. The highest BCUT2D eigenvalue weighted by Gasteiger charge is 2.01. The molecule has 0 amide bonds. The number of carbonyl (C=O) groups excluding carboxylic acids is 1. The minimum absolute atomic E-state index is 0.110. The van der Waals surface area contributed by atoms with E-state index in [0.29, 0.717) is 12.1 Å². The zero-order valence-corrected chi connectivity index (χ0v) is 9.40.